The number of aromatic nitrogens is 2. The number of hydrogen-bond acceptors (Lipinski definition) is 3. The van der Waals surface area contributed by atoms with Crippen LogP contribution in [0.5, 0.6) is 0 Å². The van der Waals surface area contributed by atoms with Gasteiger partial charge in [-0.05, 0) is 37.2 Å². The number of nitrogens with one attached hydrogen (secondary N) is 1. The Balaban J connectivity index is 1.63. The first kappa shape index (κ1) is 14.1. The summed E-state index contributed by atoms with van der Waals surface area (Å²) in [6.07, 6.45) is 12.4. The molecule has 3 atom stereocenters. The van der Waals surface area contributed by atoms with Gasteiger partial charge in [-0.25, -0.2) is 0 Å². The molecule has 4 nitrogen and oxygen atoms in total. The van der Waals surface area contributed by atoms with E-state index in [1.807, 2.05) is 0 Å². The van der Waals surface area contributed by atoms with Gasteiger partial charge < -0.3 is 0 Å². The molecule has 0 saturated heterocycles. The van der Waals surface area contributed by atoms with E-state index in [1.54, 1.807) is 0 Å². The van der Waals surface area contributed by atoms with Crippen LogP contribution in [-0.4, -0.2) is 15.8 Å². The molecule has 1 heterocycles. The molecule has 3 N–H and O–H groups in total. The van der Waals surface area contributed by atoms with Crippen LogP contribution in [0.3, 0.4) is 0 Å². The minimum absolute atomic E-state index is 0.374. The van der Waals surface area contributed by atoms with Crippen molar-refractivity contribution in [3.05, 3.63) is 18.0 Å². The van der Waals surface area contributed by atoms with E-state index in [9.17, 15) is 0 Å². The minimum Gasteiger partial charge on any atom is -0.271 e. The smallest absolute Gasteiger partial charge is 0.0640 e. The third-order valence-corrected chi connectivity index (χ3v) is 5.45. The zero-order chi connectivity index (χ0) is 13.9. The summed E-state index contributed by atoms with van der Waals surface area (Å²) in [5.74, 6) is 7.30. The average Bonchev–Trinajstić information content (AvgIpc) is 3.17. The Morgan fingerprint density at radius 2 is 2.10 bits per heavy atom. The van der Waals surface area contributed by atoms with Gasteiger partial charge in [-0.2, -0.15) is 5.10 Å². The Morgan fingerprint density at radius 3 is 2.75 bits per heavy atom. The molecule has 3 unspecified atom stereocenters. The molecular weight excluding hydrogens is 248 g/mol. The Bertz CT molecular complexity index is 422. The van der Waals surface area contributed by atoms with E-state index in [0.29, 0.717) is 18.0 Å². The molecule has 0 radical (unpaired) electrons. The fourth-order valence-corrected chi connectivity index (χ4v) is 4.19. The highest BCUT2D eigenvalue weighted by molar-refractivity contribution is 5.04. The summed E-state index contributed by atoms with van der Waals surface area (Å²) in [4.78, 5) is 0. The number of hydrazine groups is 1. The first-order valence-electron chi connectivity index (χ1n) is 8.28. The number of rotatable bonds is 5. The van der Waals surface area contributed by atoms with Crippen molar-refractivity contribution in [3.8, 4) is 0 Å². The van der Waals surface area contributed by atoms with Gasteiger partial charge in [0.25, 0.3) is 0 Å². The summed E-state index contributed by atoms with van der Waals surface area (Å²) >= 11 is 0. The zero-order valence-corrected chi connectivity index (χ0v) is 12.6. The monoisotopic (exact) mass is 276 g/mol. The van der Waals surface area contributed by atoms with Gasteiger partial charge in [-0.15, -0.1) is 0 Å². The van der Waals surface area contributed by atoms with E-state index in [1.165, 1.54) is 50.6 Å². The maximum absolute atomic E-state index is 5.81. The second kappa shape index (κ2) is 6.27. The first-order chi connectivity index (χ1) is 9.78. The Labute approximate surface area is 122 Å². The Hall–Kier alpha value is -0.870. The second-order valence-corrected chi connectivity index (χ2v) is 6.77. The predicted molar refractivity (Wildman–Crippen MR) is 81.1 cm³/mol. The lowest BCUT2D eigenvalue weighted by molar-refractivity contribution is 0.295. The van der Waals surface area contributed by atoms with Gasteiger partial charge in [0.1, 0.15) is 0 Å². The van der Waals surface area contributed by atoms with Crippen LogP contribution >= 0.6 is 0 Å². The molecule has 112 valence electrons. The van der Waals surface area contributed by atoms with Crippen LogP contribution in [0, 0.1) is 11.8 Å². The topological polar surface area (TPSA) is 55.9 Å². The first-order valence-corrected chi connectivity index (χ1v) is 8.28. The van der Waals surface area contributed by atoms with E-state index in [2.05, 4.69) is 29.3 Å². The van der Waals surface area contributed by atoms with E-state index < -0.39 is 0 Å². The molecule has 1 aromatic rings. The third kappa shape index (κ3) is 2.91. The molecule has 2 aliphatic carbocycles. The largest absolute Gasteiger partial charge is 0.271 e. The quantitative estimate of drug-likeness (QED) is 0.642. The summed E-state index contributed by atoms with van der Waals surface area (Å²) in [5, 5.41) is 4.80. The van der Waals surface area contributed by atoms with Crippen LogP contribution in [0.25, 0.3) is 0 Å². The highest BCUT2D eigenvalue weighted by atomic mass is 15.3. The van der Waals surface area contributed by atoms with E-state index in [-0.39, 0.29) is 0 Å². The second-order valence-electron chi connectivity index (χ2n) is 6.77. The van der Waals surface area contributed by atoms with Gasteiger partial charge >= 0.3 is 0 Å². The van der Waals surface area contributed by atoms with Crippen LogP contribution in [-0.2, 0) is 6.42 Å². The fourth-order valence-electron chi connectivity index (χ4n) is 4.19. The summed E-state index contributed by atoms with van der Waals surface area (Å²) in [7, 11) is 0. The molecule has 2 fully saturated rings. The third-order valence-electron chi connectivity index (χ3n) is 5.45. The van der Waals surface area contributed by atoms with E-state index >= 15 is 0 Å². The van der Waals surface area contributed by atoms with Crippen molar-refractivity contribution in [2.75, 3.05) is 0 Å². The van der Waals surface area contributed by atoms with Gasteiger partial charge in [0.05, 0.1) is 11.7 Å². The molecule has 2 saturated carbocycles. The van der Waals surface area contributed by atoms with Crippen molar-refractivity contribution in [2.45, 2.75) is 70.4 Å². The van der Waals surface area contributed by atoms with Crippen LogP contribution in [0.15, 0.2) is 12.3 Å². The molecule has 0 amide bonds. The standard InChI is InChI=1S/C16H28N4/c1-12-5-4-8-15(12)16(18-17)11-13-9-10-20(19-13)14-6-2-3-7-14/h9-10,12,14-16,18H,2-8,11,17H2,1H3. The van der Waals surface area contributed by atoms with Crippen molar-refractivity contribution in [1.29, 1.82) is 0 Å². The lowest BCUT2D eigenvalue weighted by Gasteiger charge is -2.25. The molecule has 4 heteroatoms. The fraction of sp³-hybridized carbons (Fsp3) is 0.812. The summed E-state index contributed by atoms with van der Waals surface area (Å²) in [5.41, 5.74) is 4.25. The number of nitrogens with two attached hydrogens (primary N) is 1. The highest BCUT2D eigenvalue weighted by Crippen LogP contribution is 2.34. The number of nitrogens with zero attached hydrogens (tertiary/aromatic N) is 2. The van der Waals surface area contributed by atoms with Crippen LogP contribution in [0.4, 0.5) is 0 Å². The van der Waals surface area contributed by atoms with Crippen molar-refractivity contribution in [3.63, 3.8) is 0 Å². The van der Waals surface area contributed by atoms with E-state index in [0.717, 1.165) is 12.3 Å². The van der Waals surface area contributed by atoms with Crippen LogP contribution in [0.1, 0.15) is 63.6 Å². The van der Waals surface area contributed by atoms with Gasteiger partial charge in [0, 0.05) is 18.7 Å². The van der Waals surface area contributed by atoms with Crippen LogP contribution in [0.2, 0.25) is 0 Å². The number of hydrogen-bond donors (Lipinski definition) is 2. The van der Waals surface area contributed by atoms with Gasteiger partial charge in [-0.3, -0.25) is 16.0 Å². The average molecular weight is 276 g/mol. The molecule has 0 aromatic carbocycles. The molecular formula is C16H28N4. The van der Waals surface area contributed by atoms with E-state index in [4.69, 9.17) is 10.9 Å². The maximum Gasteiger partial charge on any atom is 0.0640 e. The Morgan fingerprint density at radius 1 is 1.30 bits per heavy atom. The predicted octanol–water partition coefficient (Wildman–Crippen LogP) is 2.81. The molecule has 1 aromatic heterocycles. The molecule has 0 aliphatic heterocycles. The summed E-state index contributed by atoms with van der Waals surface area (Å²) in [6.45, 7) is 2.36. The molecule has 0 bridgehead atoms. The Kier molecular flexibility index (Phi) is 4.41. The lowest BCUT2D eigenvalue weighted by Crippen LogP contribution is -2.43. The van der Waals surface area contributed by atoms with Gasteiger partial charge in [0.2, 0.25) is 0 Å². The molecule has 3 rings (SSSR count). The molecule has 0 spiro atoms. The SMILES string of the molecule is CC1CCCC1C(Cc1ccn(C2CCCC2)n1)NN. The van der Waals surface area contributed by atoms with Crippen LogP contribution < -0.4 is 11.3 Å². The van der Waals surface area contributed by atoms with Crippen molar-refractivity contribution >= 4 is 0 Å². The normalized spacial score (nSPS) is 29.1. The van der Waals surface area contributed by atoms with Crippen molar-refractivity contribution in [2.24, 2.45) is 17.7 Å². The molecule has 2 aliphatic rings. The molecule has 20 heavy (non-hydrogen) atoms. The minimum atomic E-state index is 0.374. The van der Waals surface area contributed by atoms with Crippen molar-refractivity contribution in [1.82, 2.24) is 15.2 Å². The van der Waals surface area contributed by atoms with Gasteiger partial charge in [0.15, 0.2) is 0 Å². The highest BCUT2D eigenvalue weighted by Gasteiger charge is 2.31. The lowest BCUT2D eigenvalue weighted by atomic mass is 9.88. The summed E-state index contributed by atoms with van der Waals surface area (Å²) < 4.78 is 2.19. The van der Waals surface area contributed by atoms with Crippen molar-refractivity contribution < 1.29 is 0 Å². The maximum atomic E-state index is 5.81. The van der Waals surface area contributed by atoms with Gasteiger partial charge in [-0.1, -0.05) is 32.6 Å². The summed E-state index contributed by atoms with van der Waals surface area (Å²) in [6, 6.07) is 3.19. The zero-order valence-electron chi connectivity index (χ0n) is 12.6.